The van der Waals surface area contributed by atoms with Gasteiger partial charge in [0.2, 0.25) is 5.91 Å². The van der Waals surface area contributed by atoms with E-state index in [-0.39, 0.29) is 58.2 Å². The number of hydrogen-bond donors (Lipinski definition) is 2. The highest BCUT2D eigenvalue weighted by molar-refractivity contribution is 6.31. The van der Waals surface area contributed by atoms with Gasteiger partial charge in [-0.3, -0.25) is 28.8 Å². The van der Waals surface area contributed by atoms with E-state index in [9.17, 15) is 23.2 Å². The average molecular weight is 774 g/mol. The Labute approximate surface area is 314 Å². The van der Waals surface area contributed by atoms with E-state index in [0.29, 0.717) is 38.4 Å². The summed E-state index contributed by atoms with van der Waals surface area (Å²) in [7, 11) is 0. The van der Waals surface area contributed by atoms with Crippen molar-refractivity contribution in [1.82, 2.24) is 39.1 Å². The summed E-state index contributed by atoms with van der Waals surface area (Å²) in [5.74, 6) is -1.07. The van der Waals surface area contributed by atoms with E-state index in [4.69, 9.17) is 31.0 Å². The lowest BCUT2D eigenvalue weighted by molar-refractivity contribution is -0.157. The molecule has 6 rings (SSSR count). The maximum Gasteiger partial charge on any atom is 0.387 e. The Balaban J connectivity index is 0.00000181. The molecule has 0 atom stereocenters. The first-order valence-electron chi connectivity index (χ1n) is 17.3. The summed E-state index contributed by atoms with van der Waals surface area (Å²) in [4.78, 5) is 58.3. The number of anilines is 1. The monoisotopic (exact) mass is 773 g/mol. The molecule has 0 spiro atoms. The molecule has 0 aliphatic carbocycles. The molecule has 2 aliphatic rings. The number of carbonyl (C=O) groups is 4. The number of aromatic nitrogens is 5. The zero-order chi connectivity index (χ0) is 38.8. The van der Waals surface area contributed by atoms with Gasteiger partial charge >= 0.3 is 12.6 Å². The second-order valence-corrected chi connectivity index (χ2v) is 13.4. The molecule has 5 heterocycles. The number of amides is 2. The number of nitrogens with one attached hydrogen (secondary N) is 1. The largest absolute Gasteiger partial charge is 0.483 e. The molecule has 2 N–H and O–H groups in total. The first-order chi connectivity index (χ1) is 25.9. The Hall–Kier alpha value is -5.20. The van der Waals surface area contributed by atoms with E-state index in [2.05, 4.69) is 30.3 Å². The zero-order valence-corrected chi connectivity index (χ0v) is 30.6. The van der Waals surface area contributed by atoms with E-state index in [1.807, 2.05) is 13.8 Å². The lowest BCUT2D eigenvalue weighted by Gasteiger charge is -2.39. The third kappa shape index (κ3) is 9.86. The summed E-state index contributed by atoms with van der Waals surface area (Å²) in [5.41, 5.74) is 0.404. The minimum atomic E-state index is -3.12. The number of halogens is 3. The Morgan fingerprint density at radius 2 is 1.78 bits per heavy atom. The first kappa shape index (κ1) is 40.0. The van der Waals surface area contributed by atoms with Crippen molar-refractivity contribution in [1.29, 1.82) is 0 Å². The fourth-order valence-electron chi connectivity index (χ4n) is 6.38. The minimum Gasteiger partial charge on any atom is -0.483 e. The molecule has 0 radical (unpaired) electrons. The fourth-order valence-corrected chi connectivity index (χ4v) is 6.55. The number of benzene rings is 1. The highest BCUT2D eigenvalue weighted by Gasteiger charge is 2.38. The molecule has 4 aromatic rings. The quantitative estimate of drug-likeness (QED) is 0.158. The van der Waals surface area contributed by atoms with Crippen LogP contribution in [0.4, 0.5) is 14.5 Å². The third-order valence-corrected chi connectivity index (χ3v) is 9.66. The maximum atomic E-state index is 13.5. The lowest BCUT2D eigenvalue weighted by atomic mass is 9.80. The Kier molecular flexibility index (Phi) is 13.5. The molecule has 2 amide bonds. The predicted molar refractivity (Wildman–Crippen MR) is 192 cm³/mol. The molecular formula is C35H42ClF2N9O7. The van der Waals surface area contributed by atoms with Gasteiger partial charge in [-0.05, 0) is 64.0 Å². The number of ether oxygens (including phenoxy) is 2. The van der Waals surface area contributed by atoms with Crippen LogP contribution in [0.25, 0.3) is 16.9 Å². The topological polar surface area (TPSA) is 177 Å². The zero-order valence-electron chi connectivity index (χ0n) is 29.9. The molecule has 54 heavy (non-hydrogen) atoms. The Morgan fingerprint density at radius 3 is 2.44 bits per heavy atom. The van der Waals surface area contributed by atoms with Crippen LogP contribution in [0.3, 0.4) is 0 Å². The van der Waals surface area contributed by atoms with Gasteiger partial charge in [0, 0.05) is 68.4 Å². The van der Waals surface area contributed by atoms with E-state index in [0.717, 1.165) is 39.0 Å². The number of carbonyl (C=O) groups excluding carboxylic acids is 3. The molecule has 3 aromatic heterocycles. The smallest absolute Gasteiger partial charge is 0.387 e. The van der Waals surface area contributed by atoms with Crippen molar-refractivity contribution < 1.29 is 42.5 Å². The number of rotatable bonds is 12. The van der Waals surface area contributed by atoms with Gasteiger partial charge in [-0.25, -0.2) is 9.50 Å². The van der Waals surface area contributed by atoms with Crippen LogP contribution < -0.4 is 10.1 Å². The number of piperazine rings is 1. The molecule has 19 heteroatoms. The lowest BCUT2D eigenvalue weighted by Crippen LogP contribution is -2.52. The van der Waals surface area contributed by atoms with Gasteiger partial charge in [-0.1, -0.05) is 11.6 Å². The maximum absolute atomic E-state index is 13.5. The number of carboxylic acid groups (broad SMARTS) is 1. The van der Waals surface area contributed by atoms with Gasteiger partial charge in [0.15, 0.2) is 5.65 Å². The summed E-state index contributed by atoms with van der Waals surface area (Å²) in [5, 5.41) is 18.6. The minimum absolute atomic E-state index is 0.0869. The molecule has 0 saturated carbocycles. The van der Waals surface area contributed by atoms with Crippen LogP contribution in [0, 0.1) is 5.41 Å². The van der Waals surface area contributed by atoms with Crippen molar-refractivity contribution in [3.63, 3.8) is 0 Å². The van der Waals surface area contributed by atoms with Crippen molar-refractivity contribution in [3.05, 3.63) is 59.6 Å². The number of alkyl halides is 2. The van der Waals surface area contributed by atoms with Gasteiger partial charge in [0.05, 0.1) is 23.9 Å². The first-order valence-corrected chi connectivity index (χ1v) is 17.7. The van der Waals surface area contributed by atoms with Crippen molar-refractivity contribution >= 4 is 47.2 Å². The van der Waals surface area contributed by atoms with Crippen LogP contribution in [0.2, 0.25) is 5.02 Å². The van der Waals surface area contributed by atoms with E-state index >= 15 is 0 Å². The Morgan fingerprint density at radius 1 is 1.09 bits per heavy atom. The molecule has 2 saturated heterocycles. The SMILES string of the molecule is CCOC(=O)C1(C)CCN(CCN2CCN(C(=O)Cn3cc(NC(=O)c4cnn5cccnc45)c(-c4cc(Cl)ccc4OC(F)F)n3)CC2)CC1.O=CO. The van der Waals surface area contributed by atoms with Crippen LogP contribution in [-0.2, 0) is 25.7 Å². The van der Waals surface area contributed by atoms with Gasteiger partial charge in [-0.2, -0.15) is 19.0 Å². The predicted octanol–water partition coefficient (Wildman–Crippen LogP) is 3.61. The van der Waals surface area contributed by atoms with Crippen LogP contribution in [0.5, 0.6) is 5.75 Å². The molecule has 0 unspecified atom stereocenters. The second-order valence-electron chi connectivity index (χ2n) is 13.0. The van der Waals surface area contributed by atoms with Crippen molar-refractivity contribution in [2.24, 2.45) is 5.41 Å². The van der Waals surface area contributed by atoms with Crippen LogP contribution in [0.15, 0.2) is 49.1 Å². The van der Waals surface area contributed by atoms with Gasteiger partial charge < -0.3 is 29.7 Å². The summed E-state index contributed by atoms with van der Waals surface area (Å²) in [6.45, 7) is 6.54. The fraction of sp³-hybridized carbons (Fsp3) is 0.457. The van der Waals surface area contributed by atoms with Crippen molar-refractivity contribution in [3.8, 4) is 17.0 Å². The van der Waals surface area contributed by atoms with Crippen molar-refractivity contribution in [2.75, 3.05) is 64.3 Å². The van der Waals surface area contributed by atoms with Gasteiger partial charge in [0.25, 0.3) is 12.4 Å². The normalized spacial score (nSPS) is 16.1. The van der Waals surface area contributed by atoms with Crippen molar-refractivity contribution in [2.45, 2.75) is 39.8 Å². The van der Waals surface area contributed by atoms with E-state index in [1.165, 1.54) is 46.0 Å². The molecule has 2 aliphatic heterocycles. The van der Waals surface area contributed by atoms with Gasteiger partial charge in [-0.15, -0.1) is 0 Å². The number of piperidine rings is 1. The molecule has 2 fully saturated rings. The summed E-state index contributed by atoms with van der Waals surface area (Å²) >= 11 is 6.24. The molecule has 1 aromatic carbocycles. The van der Waals surface area contributed by atoms with E-state index < -0.39 is 17.9 Å². The molecule has 0 bridgehead atoms. The number of hydrogen-bond acceptors (Lipinski definition) is 11. The molecular weight excluding hydrogens is 732 g/mol. The molecule has 16 nitrogen and oxygen atoms in total. The van der Waals surface area contributed by atoms with Crippen LogP contribution in [0.1, 0.15) is 37.0 Å². The summed E-state index contributed by atoms with van der Waals surface area (Å²) < 4.78 is 39.5. The standard InChI is InChI=1S/C34H40ClF2N9O5.CH2O2/c1-3-50-32(49)34(2)7-11-42(12-8-34)13-14-43-15-17-44(18-16-43)28(47)22-45-21-26(40-31(48)25-20-39-46-10-4-9-38-30(25)46)29(41-45)24-19-23(35)5-6-27(24)51-33(36)37;2-1-3/h4-6,9-10,19-21,33H,3,7-8,11-18,22H2,1-2H3,(H,40,48);1H,(H,2,3). The van der Waals surface area contributed by atoms with E-state index in [1.54, 1.807) is 17.2 Å². The average Bonchev–Trinajstić information content (AvgIpc) is 3.76. The Bertz CT molecular complexity index is 1930. The highest BCUT2D eigenvalue weighted by atomic mass is 35.5. The van der Waals surface area contributed by atoms with Crippen LogP contribution in [-0.4, -0.2) is 134 Å². The van der Waals surface area contributed by atoms with Crippen LogP contribution >= 0.6 is 11.6 Å². The second kappa shape index (κ2) is 18.2. The number of fused-ring (bicyclic) bond motifs is 1. The third-order valence-electron chi connectivity index (χ3n) is 9.43. The summed E-state index contributed by atoms with van der Waals surface area (Å²) in [6.07, 6.45) is 7.55. The molecule has 290 valence electrons. The number of nitrogens with zero attached hydrogens (tertiary/aromatic N) is 8. The highest BCUT2D eigenvalue weighted by Crippen LogP contribution is 2.37. The number of esters is 1. The number of likely N-dealkylation sites (tertiary alicyclic amines) is 1. The van der Waals surface area contributed by atoms with Gasteiger partial charge in [0.1, 0.15) is 23.6 Å². The summed E-state index contributed by atoms with van der Waals surface area (Å²) in [6, 6.07) is 5.77.